The third kappa shape index (κ3) is 4.33. The Hall–Kier alpha value is -7.16. The molecule has 2 heteroatoms. The van der Waals surface area contributed by atoms with Crippen LogP contribution in [0.25, 0.3) is 55.3 Å². The van der Waals surface area contributed by atoms with Crippen LogP contribution in [-0.4, -0.2) is 4.57 Å². The number of hydrogen-bond acceptors (Lipinski definition) is 1. The third-order valence-corrected chi connectivity index (χ3v) is 14.4. The van der Waals surface area contributed by atoms with E-state index in [0.717, 1.165) is 12.8 Å². The number of hydrogen-bond donors (Lipinski definition) is 0. The van der Waals surface area contributed by atoms with Crippen LogP contribution >= 0.6 is 0 Å². The average molecular weight is 767 g/mol. The molecule has 0 saturated carbocycles. The minimum Gasteiger partial charge on any atom is -0.314 e. The summed E-state index contributed by atoms with van der Waals surface area (Å²) in [7, 11) is 0. The highest BCUT2D eigenvalue weighted by molar-refractivity contribution is 6.10. The van der Waals surface area contributed by atoms with Crippen LogP contribution in [0.3, 0.4) is 0 Å². The summed E-state index contributed by atoms with van der Waals surface area (Å²) in [5.74, 6) is 0. The van der Waals surface area contributed by atoms with Gasteiger partial charge in [-0.05, 0) is 123 Å². The monoisotopic (exact) mass is 766 g/mol. The molecule has 0 radical (unpaired) electrons. The molecule has 8 aromatic carbocycles. The van der Waals surface area contributed by atoms with Gasteiger partial charge in [-0.3, -0.25) is 0 Å². The van der Waals surface area contributed by atoms with E-state index in [1.807, 2.05) is 0 Å². The molecule has 284 valence electrons. The van der Waals surface area contributed by atoms with Gasteiger partial charge in [-0.15, -0.1) is 0 Å². The first kappa shape index (κ1) is 33.8. The smallest absolute Gasteiger partial charge is 0.0725 e. The van der Waals surface area contributed by atoms with Gasteiger partial charge in [0, 0.05) is 38.9 Å². The number of allylic oxidation sites excluding steroid dienone is 4. The molecule has 0 saturated heterocycles. The molecule has 9 aromatic rings. The van der Waals surface area contributed by atoms with Gasteiger partial charge in [-0.25, -0.2) is 0 Å². The van der Waals surface area contributed by atoms with Gasteiger partial charge in [-0.2, -0.15) is 0 Å². The van der Waals surface area contributed by atoms with Gasteiger partial charge < -0.3 is 9.47 Å². The van der Waals surface area contributed by atoms with Gasteiger partial charge >= 0.3 is 0 Å². The molecular formula is C58H42N2. The fourth-order valence-electron chi connectivity index (χ4n) is 11.9. The van der Waals surface area contributed by atoms with Gasteiger partial charge in [-0.1, -0.05) is 165 Å². The zero-order valence-corrected chi connectivity index (χ0v) is 33.8. The highest BCUT2D eigenvalue weighted by Gasteiger charge is 2.51. The SMILES string of the molecule is CC1(C)C2=C(C=C(N(c3ccc4c(c3)-c3ccccc3C43c4ccccc4-c4ccccc43)c3ccc4c5ccccc5n(-c5ccccc5)c4c3)CC2)c2ccccc21. The van der Waals surface area contributed by atoms with Crippen molar-refractivity contribution in [3.05, 3.63) is 239 Å². The minimum atomic E-state index is -0.374. The van der Waals surface area contributed by atoms with E-state index in [4.69, 9.17) is 0 Å². The number of para-hydroxylation sites is 2. The summed E-state index contributed by atoms with van der Waals surface area (Å²) in [6.45, 7) is 4.82. The Bertz CT molecular complexity index is 3310. The first-order chi connectivity index (χ1) is 29.5. The average Bonchev–Trinajstić information content (AvgIpc) is 3.97. The summed E-state index contributed by atoms with van der Waals surface area (Å²) in [4.78, 5) is 2.58. The molecule has 0 amide bonds. The fourth-order valence-corrected chi connectivity index (χ4v) is 11.9. The predicted molar refractivity (Wildman–Crippen MR) is 249 cm³/mol. The number of aromatic nitrogens is 1. The van der Waals surface area contributed by atoms with Crippen LogP contribution in [0.4, 0.5) is 11.4 Å². The zero-order chi connectivity index (χ0) is 39.7. The van der Waals surface area contributed by atoms with Crippen molar-refractivity contribution in [1.82, 2.24) is 4.57 Å². The van der Waals surface area contributed by atoms with E-state index in [2.05, 4.69) is 217 Å². The van der Waals surface area contributed by atoms with E-state index in [0.29, 0.717) is 0 Å². The lowest BCUT2D eigenvalue weighted by molar-refractivity contribution is 0.602. The van der Waals surface area contributed by atoms with E-state index in [1.54, 1.807) is 5.57 Å². The van der Waals surface area contributed by atoms with Gasteiger partial charge in [0.15, 0.2) is 0 Å². The molecule has 13 rings (SSSR count). The van der Waals surface area contributed by atoms with Gasteiger partial charge in [0.2, 0.25) is 0 Å². The highest BCUT2D eigenvalue weighted by atomic mass is 15.2. The first-order valence-electron chi connectivity index (χ1n) is 21.4. The van der Waals surface area contributed by atoms with Crippen molar-refractivity contribution in [2.24, 2.45) is 0 Å². The topological polar surface area (TPSA) is 8.17 Å². The second kappa shape index (κ2) is 12.2. The molecule has 0 bridgehead atoms. The highest BCUT2D eigenvalue weighted by Crippen LogP contribution is 2.63. The predicted octanol–water partition coefficient (Wildman–Crippen LogP) is 14.7. The van der Waals surface area contributed by atoms with Crippen molar-refractivity contribution in [3.8, 4) is 27.9 Å². The Kier molecular flexibility index (Phi) is 6.86. The molecule has 60 heavy (non-hydrogen) atoms. The molecule has 1 heterocycles. The summed E-state index contributed by atoms with van der Waals surface area (Å²) in [5, 5.41) is 2.53. The molecule has 0 aliphatic heterocycles. The molecule has 0 fully saturated rings. The Labute approximate surface area is 351 Å². The Morgan fingerprint density at radius 3 is 1.68 bits per heavy atom. The lowest BCUT2D eigenvalue weighted by Gasteiger charge is -2.34. The summed E-state index contributed by atoms with van der Waals surface area (Å²) >= 11 is 0. The Morgan fingerprint density at radius 2 is 0.967 bits per heavy atom. The zero-order valence-electron chi connectivity index (χ0n) is 33.8. The van der Waals surface area contributed by atoms with Crippen LogP contribution in [0.5, 0.6) is 0 Å². The maximum absolute atomic E-state index is 2.58. The first-order valence-corrected chi connectivity index (χ1v) is 21.4. The Balaban J connectivity index is 1.07. The van der Waals surface area contributed by atoms with Gasteiger partial charge in [0.05, 0.1) is 16.4 Å². The van der Waals surface area contributed by atoms with E-state index in [1.165, 1.54) is 106 Å². The van der Waals surface area contributed by atoms with Crippen molar-refractivity contribution in [2.45, 2.75) is 37.5 Å². The number of nitrogens with zero attached hydrogens (tertiary/aromatic N) is 2. The van der Waals surface area contributed by atoms with Crippen LogP contribution in [0.2, 0.25) is 0 Å². The number of rotatable bonds is 4. The second-order valence-corrected chi connectivity index (χ2v) is 17.5. The molecular weight excluding hydrogens is 725 g/mol. The van der Waals surface area contributed by atoms with Crippen LogP contribution in [-0.2, 0) is 10.8 Å². The van der Waals surface area contributed by atoms with E-state index >= 15 is 0 Å². The minimum absolute atomic E-state index is 0.00772. The largest absolute Gasteiger partial charge is 0.314 e. The van der Waals surface area contributed by atoms with Gasteiger partial charge in [0.25, 0.3) is 0 Å². The van der Waals surface area contributed by atoms with Crippen LogP contribution in [0.15, 0.2) is 205 Å². The number of fused-ring (bicyclic) bond motifs is 15. The molecule has 0 unspecified atom stereocenters. The van der Waals surface area contributed by atoms with Crippen molar-refractivity contribution < 1.29 is 0 Å². The quantitative estimate of drug-likeness (QED) is 0.173. The second-order valence-electron chi connectivity index (χ2n) is 17.5. The summed E-state index contributed by atoms with van der Waals surface area (Å²) in [5.41, 5.74) is 23.4. The van der Waals surface area contributed by atoms with Crippen molar-refractivity contribution in [3.63, 3.8) is 0 Å². The summed E-state index contributed by atoms with van der Waals surface area (Å²) < 4.78 is 2.44. The van der Waals surface area contributed by atoms with Crippen molar-refractivity contribution in [2.75, 3.05) is 4.90 Å². The molecule has 0 N–H and O–H groups in total. The molecule has 1 spiro atoms. The molecule has 4 aliphatic rings. The summed E-state index contributed by atoms with van der Waals surface area (Å²) in [6.07, 6.45) is 4.50. The molecule has 2 nitrogen and oxygen atoms in total. The normalized spacial score (nSPS) is 16.0. The van der Waals surface area contributed by atoms with E-state index in [9.17, 15) is 0 Å². The van der Waals surface area contributed by atoms with Gasteiger partial charge in [0.1, 0.15) is 0 Å². The Morgan fingerprint density at radius 1 is 0.433 bits per heavy atom. The maximum atomic E-state index is 2.58. The number of benzene rings is 8. The summed E-state index contributed by atoms with van der Waals surface area (Å²) in [6, 6.07) is 70.6. The molecule has 4 aliphatic carbocycles. The fraction of sp³-hybridized carbons (Fsp3) is 0.103. The van der Waals surface area contributed by atoms with Crippen LogP contribution < -0.4 is 4.90 Å². The standard InChI is InChI=1S/C58H42N2/c1-57(2)49-23-11-6-20-43(49)47-34-38(29-32-50(47)57)59(40-28-31-46-45-22-10-15-27-55(45)60(56(46)36-40)37-16-4-3-5-17-37)39-30-33-54-48(35-39)44-21-9-14-26-53(44)58(54)51-24-12-7-18-41(51)42-19-8-13-25-52(42)58/h3-28,30-31,33-36H,29,32H2,1-2H3. The van der Waals surface area contributed by atoms with E-state index in [-0.39, 0.29) is 10.8 Å². The molecule has 0 atom stereocenters. The van der Waals surface area contributed by atoms with Crippen molar-refractivity contribution in [1.29, 1.82) is 0 Å². The van der Waals surface area contributed by atoms with Crippen LogP contribution in [0.1, 0.15) is 60.1 Å². The van der Waals surface area contributed by atoms with E-state index < -0.39 is 0 Å². The molecule has 1 aromatic heterocycles. The van der Waals surface area contributed by atoms with Crippen molar-refractivity contribution >= 4 is 38.8 Å². The lowest BCUT2D eigenvalue weighted by atomic mass is 9.70. The lowest BCUT2D eigenvalue weighted by Crippen LogP contribution is -2.26. The number of anilines is 2. The maximum Gasteiger partial charge on any atom is 0.0725 e. The van der Waals surface area contributed by atoms with Crippen LogP contribution in [0, 0.1) is 0 Å². The third-order valence-electron chi connectivity index (χ3n) is 14.4.